The van der Waals surface area contributed by atoms with Crippen molar-refractivity contribution in [2.45, 2.75) is 112 Å². The summed E-state index contributed by atoms with van der Waals surface area (Å²) in [6.45, 7) is 10.8. The number of unbranched alkanes of at least 4 members (excludes halogenated alkanes) is 10. The molecule has 7 N–H and O–H groups in total. The summed E-state index contributed by atoms with van der Waals surface area (Å²) < 4.78 is 21.5. The van der Waals surface area contributed by atoms with Crippen LogP contribution < -0.4 is 6.15 Å². The van der Waals surface area contributed by atoms with E-state index in [1.54, 1.807) is 20.8 Å². The van der Waals surface area contributed by atoms with Gasteiger partial charge in [0.1, 0.15) is 0 Å². The second-order valence-corrected chi connectivity index (χ2v) is 8.07. The van der Waals surface area contributed by atoms with Gasteiger partial charge in [0.25, 0.3) is 0 Å². The van der Waals surface area contributed by atoms with E-state index in [1.807, 2.05) is 0 Å². The molecular weight excluding hydrogens is 421 g/mol. The molecule has 9 heteroatoms. The van der Waals surface area contributed by atoms with E-state index in [2.05, 4.69) is 13.8 Å². The molecule has 0 atom stereocenters. The minimum atomic E-state index is -3.82. The molecule has 0 rings (SSSR count). The van der Waals surface area contributed by atoms with Crippen LogP contribution in [0.25, 0.3) is 0 Å². The quantitative estimate of drug-likeness (QED) is 0.134. The normalized spacial score (nSPS) is 9.84. The molecule has 0 aliphatic rings. The van der Waals surface area contributed by atoms with Crippen LogP contribution in [-0.2, 0) is 13.6 Å². The van der Waals surface area contributed by atoms with Crippen molar-refractivity contribution in [3.8, 4) is 0 Å². The number of rotatable bonds is 16. The summed E-state index contributed by atoms with van der Waals surface area (Å²) in [5, 5.41) is 22.7. The van der Waals surface area contributed by atoms with Crippen molar-refractivity contribution in [3.05, 3.63) is 0 Å². The zero-order valence-corrected chi connectivity index (χ0v) is 22.1. The molecule has 0 saturated heterocycles. The highest BCUT2D eigenvalue weighted by Crippen LogP contribution is 2.43. The van der Waals surface area contributed by atoms with E-state index in [1.165, 1.54) is 51.4 Å². The third-order valence-electron chi connectivity index (χ3n) is 3.50. The first-order chi connectivity index (χ1) is 14.4. The summed E-state index contributed by atoms with van der Waals surface area (Å²) in [6, 6.07) is 0. The van der Waals surface area contributed by atoms with Crippen molar-refractivity contribution in [1.29, 1.82) is 0 Å². The Hall–Kier alpha value is -0.0500. The van der Waals surface area contributed by atoms with E-state index in [9.17, 15) is 9.46 Å². The van der Waals surface area contributed by atoms with E-state index >= 15 is 0 Å². The Balaban J connectivity index is -0.000000192. The van der Waals surface area contributed by atoms with Gasteiger partial charge < -0.3 is 26.4 Å². The van der Waals surface area contributed by atoms with Crippen LogP contribution in [0, 0.1) is 0 Å². The first kappa shape index (κ1) is 41.2. The van der Waals surface area contributed by atoms with Gasteiger partial charge in [0.05, 0.1) is 13.2 Å². The number of phosphoric acid groups is 1. The lowest BCUT2D eigenvalue weighted by atomic mass is 10.1. The van der Waals surface area contributed by atoms with Crippen molar-refractivity contribution in [1.82, 2.24) is 6.15 Å². The molecule has 0 aliphatic heterocycles. The van der Waals surface area contributed by atoms with Crippen LogP contribution in [0.5, 0.6) is 0 Å². The summed E-state index contributed by atoms with van der Waals surface area (Å²) in [5.74, 6) is 0. The molecule has 0 heterocycles. The van der Waals surface area contributed by atoms with Crippen LogP contribution in [0.3, 0.4) is 0 Å². The van der Waals surface area contributed by atoms with E-state index < -0.39 is 7.82 Å². The molecule has 0 unspecified atom stereocenters. The van der Waals surface area contributed by atoms with Gasteiger partial charge in [-0.25, -0.2) is 4.57 Å². The third kappa shape index (κ3) is 58.8. The van der Waals surface area contributed by atoms with E-state index in [0.29, 0.717) is 13.2 Å². The fraction of sp³-hybridized carbons (Fsp3) is 1.00. The summed E-state index contributed by atoms with van der Waals surface area (Å²) >= 11 is 0. The van der Waals surface area contributed by atoms with Gasteiger partial charge in [0, 0.05) is 19.8 Å². The molecule has 0 aromatic rings. The molecule has 0 spiro atoms. The van der Waals surface area contributed by atoms with E-state index in [4.69, 9.17) is 24.4 Å². The maximum atomic E-state index is 11.6. The first-order valence-electron chi connectivity index (χ1n) is 11.8. The second-order valence-electron chi connectivity index (χ2n) is 6.62. The fourth-order valence-corrected chi connectivity index (χ4v) is 2.96. The summed E-state index contributed by atoms with van der Waals surface area (Å²) in [7, 11) is -3.82. The molecule has 0 aromatic heterocycles. The van der Waals surface area contributed by atoms with Gasteiger partial charge in [-0.3, -0.25) is 9.05 Å². The Morgan fingerprint density at radius 2 is 0.774 bits per heavy atom. The molecule has 0 aromatic carbocycles. The van der Waals surface area contributed by atoms with Crippen LogP contribution in [0.1, 0.15) is 112 Å². The molecule has 196 valence electrons. The third-order valence-corrected chi connectivity index (χ3v) is 4.52. The highest BCUT2D eigenvalue weighted by Gasteiger charge is 2.19. The molecule has 8 nitrogen and oxygen atoms in total. The monoisotopic (exact) mass is 477 g/mol. The number of hydrogen-bond acceptors (Lipinski definition) is 7. The molecule has 0 fully saturated rings. The van der Waals surface area contributed by atoms with Crippen molar-refractivity contribution in [2.24, 2.45) is 0 Å². The highest BCUT2D eigenvalue weighted by molar-refractivity contribution is 7.47. The SMILES string of the molecule is CCCCCCCCOP(=O)(O)OCCCCCCCC.CCO.CCO.CCO.N. The van der Waals surface area contributed by atoms with Gasteiger partial charge >= 0.3 is 7.82 Å². The molecule has 0 aliphatic carbocycles. The van der Waals surface area contributed by atoms with Crippen molar-refractivity contribution >= 4 is 7.82 Å². The van der Waals surface area contributed by atoms with Gasteiger partial charge in [0.2, 0.25) is 0 Å². The van der Waals surface area contributed by atoms with Gasteiger partial charge in [-0.15, -0.1) is 0 Å². The maximum Gasteiger partial charge on any atom is 0.472 e. The Kier molecular flexibility index (Phi) is 53.6. The predicted molar refractivity (Wildman–Crippen MR) is 132 cm³/mol. The first-order valence-corrected chi connectivity index (χ1v) is 13.3. The molecule has 0 amide bonds. The molecule has 0 bridgehead atoms. The number of phosphoric ester groups is 1. The highest BCUT2D eigenvalue weighted by atomic mass is 31.2. The lowest BCUT2D eigenvalue weighted by molar-refractivity contribution is 0.145. The summed E-state index contributed by atoms with van der Waals surface area (Å²) in [6.07, 6.45) is 13.6. The van der Waals surface area contributed by atoms with Crippen LogP contribution in [-0.4, -0.2) is 53.2 Å². The van der Waals surface area contributed by atoms with Gasteiger partial charge in [-0.1, -0.05) is 78.1 Å². The van der Waals surface area contributed by atoms with Crippen molar-refractivity contribution in [3.63, 3.8) is 0 Å². The summed E-state index contributed by atoms with van der Waals surface area (Å²) in [5.41, 5.74) is 0. The molecule has 31 heavy (non-hydrogen) atoms. The van der Waals surface area contributed by atoms with Crippen LogP contribution in [0.2, 0.25) is 0 Å². The van der Waals surface area contributed by atoms with Gasteiger partial charge in [-0.05, 0) is 33.6 Å². The summed E-state index contributed by atoms with van der Waals surface area (Å²) in [4.78, 5) is 9.51. The van der Waals surface area contributed by atoms with Gasteiger partial charge in [0.15, 0.2) is 0 Å². The number of hydrogen-bond donors (Lipinski definition) is 5. The lowest BCUT2D eigenvalue weighted by Gasteiger charge is -2.12. The minimum Gasteiger partial charge on any atom is -0.397 e. The van der Waals surface area contributed by atoms with Crippen LogP contribution in [0.4, 0.5) is 0 Å². The van der Waals surface area contributed by atoms with E-state index in [0.717, 1.165) is 25.7 Å². The second kappa shape index (κ2) is 40.3. The standard InChI is InChI=1S/C16H35O4P.3C2H6O.H3N/c1-3-5-7-9-11-13-15-19-21(17,18)20-16-14-12-10-8-6-4-2;3*1-2-3;/h3-16H2,1-2H3,(H,17,18);3*3H,2H2,1H3;1H3. The maximum absolute atomic E-state index is 11.6. The molecule has 0 radical (unpaired) electrons. The van der Waals surface area contributed by atoms with Crippen molar-refractivity contribution in [2.75, 3.05) is 33.0 Å². The number of aliphatic hydroxyl groups excluding tert-OH is 3. The lowest BCUT2D eigenvalue weighted by Crippen LogP contribution is -1.99. The van der Waals surface area contributed by atoms with Gasteiger partial charge in [-0.2, -0.15) is 0 Å². The number of aliphatic hydroxyl groups is 3. The average molecular weight is 478 g/mol. The molecular formula is C22H56NO7P. The zero-order valence-electron chi connectivity index (χ0n) is 21.2. The Labute approximate surface area is 193 Å². The Morgan fingerprint density at radius 3 is 1.03 bits per heavy atom. The smallest absolute Gasteiger partial charge is 0.397 e. The molecule has 0 saturated carbocycles. The largest absolute Gasteiger partial charge is 0.472 e. The Morgan fingerprint density at radius 1 is 0.548 bits per heavy atom. The van der Waals surface area contributed by atoms with Crippen LogP contribution in [0.15, 0.2) is 0 Å². The minimum absolute atomic E-state index is 0. The van der Waals surface area contributed by atoms with Crippen LogP contribution >= 0.6 is 7.82 Å². The Bertz CT molecular complexity index is 285. The topological polar surface area (TPSA) is 151 Å². The fourth-order valence-electron chi connectivity index (χ4n) is 2.16. The van der Waals surface area contributed by atoms with Crippen molar-refractivity contribution < 1.29 is 33.8 Å². The average Bonchev–Trinajstić information content (AvgIpc) is 2.68. The zero-order chi connectivity index (χ0) is 23.9. The predicted octanol–water partition coefficient (Wildman–Crippen LogP) is 6.00. The van der Waals surface area contributed by atoms with E-state index in [-0.39, 0.29) is 26.0 Å².